The van der Waals surface area contributed by atoms with E-state index in [1.807, 2.05) is 0 Å². The van der Waals surface area contributed by atoms with Crippen LogP contribution in [0.15, 0.2) is 21.9 Å². The lowest BCUT2D eigenvalue weighted by atomic mass is 9.89. The number of hydrogen-bond acceptors (Lipinski definition) is 8. The van der Waals surface area contributed by atoms with Gasteiger partial charge in [-0.15, -0.1) is 11.3 Å². The van der Waals surface area contributed by atoms with E-state index in [0.717, 1.165) is 61.6 Å². The fourth-order valence-electron chi connectivity index (χ4n) is 5.10. The number of hydrogen-bond donors (Lipinski definition) is 1. The first-order valence-electron chi connectivity index (χ1n) is 13.2. The molecule has 1 saturated carbocycles. The van der Waals surface area contributed by atoms with Crippen molar-refractivity contribution in [1.82, 2.24) is 4.98 Å². The number of thioether (sulfide) groups is 1. The molecule has 2 unspecified atom stereocenters. The SMILES string of the molecule is CCCCCC(C)(CC=C[C@H]1CC[C@H](O)[C@@H]1CCSc1nc(C(=O)OC)cs1)OC1CCCCO1. The van der Waals surface area contributed by atoms with Crippen molar-refractivity contribution in [2.45, 2.75) is 107 Å². The quantitative estimate of drug-likeness (QED) is 0.126. The van der Waals surface area contributed by atoms with E-state index in [-0.39, 0.29) is 23.9 Å². The molecule has 35 heavy (non-hydrogen) atoms. The topological polar surface area (TPSA) is 77.9 Å². The van der Waals surface area contributed by atoms with Crippen molar-refractivity contribution < 1.29 is 24.1 Å². The van der Waals surface area contributed by atoms with Crippen LogP contribution in [0.3, 0.4) is 0 Å². The summed E-state index contributed by atoms with van der Waals surface area (Å²) < 4.78 is 18.0. The van der Waals surface area contributed by atoms with E-state index in [1.165, 1.54) is 44.1 Å². The number of carbonyl (C=O) groups is 1. The van der Waals surface area contributed by atoms with Crippen LogP contribution in [0, 0.1) is 11.8 Å². The number of aromatic nitrogens is 1. The summed E-state index contributed by atoms with van der Waals surface area (Å²) in [5.74, 6) is 1.12. The van der Waals surface area contributed by atoms with Gasteiger partial charge in [-0.3, -0.25) is 0 Å². The van der Waals surface area contributed by atoms with Crippen molar-refractivity contribution in [2.24, 2.45) is 11.8 Å². The van der Waals surface area contributed by atoms with Crippen molar-refractivity contribution >= 4 is 29.1 Å². The van der Waals surface area contributed by atoms with Gasteiger partial charge in [0, 0.05) is 17.7 Å². The Hall–Kier alpha value is -0.930. The minimum absolute atomic E-state index is 0.0765. The maximum absolute atomic E-state index is 11.6. The second-order valence-corrected chi connectivity index (χ2v) is 12.3. The lowest BCUT2D eigenvalue weighted by Gasteiger charge is -2.35. The lowest BCUT2D eigenvalue weighted by Crippen LogP contribution is -2.36. The highest BCUT2D eigenvalue weighted by Gasteiger charge is 2.34. The summed E-state index contributed by atoms with van der Waals surface area (Å²) in [6, 6.07) is 0. The first kappa shape index (κ1) is 28.6. The molecule has 1 N–H and O–H groups in total. The molecule has 2 heterocycles. The number of allylic oxidation sites excluding steroid dienone is 1. The zero-order valence-electron chi connectivity index (χ0n) is 21.6. The number of unbranched alkanes of at least 4 members (excludes halogenated alkanes) is 2. The number of thiazole rings is 1. The van der Waals surface area contributed by atoms with Crippen molar-refractivity contribution in [3.8, 4) is 0 Å². The molecule has 3 rings (SSSR count). The zero-order chi connectivity index (χ0) is 25.1. The number of aliphatic hydroxyl groups excluding tert-OH is 1. The molecule has 0 radical (unpaired) electrons. The van der Waals surface area contributed by atoms with E-state index in [2.05, 4.69) is 31.0 Å². The van der Waals surface area contributed by atoms with Gasteiger partial charge in [-0.1, -0.05) is 50.1 Å². The van der Waals surface area contributed by atoms with Gasteiger partial charge in [0.2, 0.25) is 0 Å². The molecule has 1 aromatic rings. The molecule has 0 aromatic carbocycles. The molecule has 1 aliphatic carbocycles. The van der Waals surface area contributed by atoms with E-state index in [1.54, 1.807) is 17.1 Å². The third-order valence-corrected chi connectivity index (χ3v) is 9.24. The van der Waals surface area contributed by atoms with Crippen LogP contribution in [0.2, 0.25) is 0 Å². The second kappa shape index (κ2) is 14.7. The molecular formula is C27H43NO5S2. The van der Waals surface area contributed by atoms with Crippen LogP contribution in [-0.4, -0.2) is 53.5 Å². The summed E-state index contributed by atoms with van der Waals surface area (Å²) in [6.45, 7) is 5.27. The first-order chi connectivity index (χ1) is 16.9. The minimum atomic E-state index is -0.398. The van der Waals surface area contributed by atoms with Gasteiger partial charge < -0.3 is 19.3 Å². The van der Waals surface area contributed by atoms with Gasteiger partial charge in [0.05, 0.1) is 18.8 Å². The number of methoxy groups -OCH3 is 1. The average molecular weight is 526 g/mol. The van der Waals surface area contributed by atoms with Crippen LogP contribution in [0.5, 0.6) is 0 Å². The Bertz CT molecular complexity index is 794. The maximum Gasteiger partial charge on any atom is 0.357 e. The smallest absolute Gasteiger partial charge is 0.357 e. The summed E-state index contributed by atoms with van der Waals surface area (Å²) >= 11 is 3.12. The van der Waals surface area contributed by atoms with Crippen molar-refractivity contribution in [3.63, 3.8) is 0 Å². The Morgan fingerprint density at radius 1 is 1.34 bits per heavy atom. The summed E-state index contributed by atoms with van der Waals surface area (Å²) in [7, 11) is 1.37. The third kappa shape index (κ3) is 9.15. The number of nitrogens with zero attached hydrogens (tertiary/aromatic N) is 1. The summed E-state index contributed by atoms with van der Waals surface area (Å²) in [5.41, 5.74) is 0.155. The number of rotatable bonds is 14. The van der Waals surface area contributed by atoms with Crippen LogP contribution in [0.4, 0.5) is 0 Å². The molecule has 0 amide bonds. The van der Waals surface area contributed by atoms with Crippen LogP contribution in [0.1, 0.15) is 95.0 Å². The molecule has 0 bridgehead atoms. The largest absolute Gasteiger partial charge is 0.464 e. The lowest BCUT2D eigenvalue weighted by molar-refractivity contribution is -0.221. The van der Waals surface area contributed by atoms with E-state index in [4.69, 9.17) is 14.2 Å². The highest BCUT2D eigenvalue weighted by Crippen LogP contribution is 2.38. The van der Waals surface area contributed by atoms with Crippen molar-refractivity contribution in [2.75, 3.05) is 19.5 Å². The molecule has 2 fully saturated rings. The molecule has 5 atom stereocenters. The Morgan fingerprint density at radius 2 is 2.20 bits per heavy atom. The van der Waals surface area contributed by atoms with Crippen molar-refractivity contribution in [3.05, 3.63) is 23.2 Å². The molecule has 1 aromatic heterocycles. The Kier molecular flexibility index (Phi) is 12.0. The van der Waals surface area contributed by atoms with Crippen LogP contribution in [-0.2, 0) is 14.2 Å². The zero-order valence-corrected chi connectivity index (χ0v) is 23.2. The summed E-state index contributed by atoms with van der Waals surface area (Å²) in [6.07, 6.45) is 15.9. The van der Waals surface area contributed by atoms with E-state index >= 15 is 0 Å². The van der Waals surface area contributed by atoms with Gasteiger partial charge in [-0.05, 0) is 70.1 Å². The third-order valence-electron chi connectivity index (χ3n) is 7.19. The van der Waals surface area contributed by atoms with Gasteiger partial charge in [0.1, 0.15) is 0 Å². The maximum atomic E-state index is 11.6. The van der Waals surface area contributed by atoms with Gasteiger partial charge in [-0.25, -0.2) is 9.78 Å². The molecule has 6 nitrogen and oxygen atoms in total. The average Bonchev–Trinajstić information content (AvgIpc) is 3.47. The van der Waals surface area contributed by atoms with Crippen LogP contribution in [0.25, 0.3) is 0 Å². The summed E-state index contributed by atoms with van der Waals surface area (Å²) in [5, 5.41) is 12.4. The van der Waals surface area contributed by atoms with Crippen molar-refractivity contribution in [1.29, 1.82) is 0 Å². The first-order valence-corrected chi connectivity index (χ1v) is 15.1. The standard InChI is InChI=1S/C27H43NO5S2/c1-4-5-7-15-27(2,33-24-11-6-8-17-32-24)16-9-10-20-12-13-23(29)21(20)14-18-34-26-28-22(19-35-26)25(30)31-3/h9-10,19-21,23-24,29H,4-8,11-18H2,1-3H3/t20-,21+,23-,24?,27?/m0/s1. The van der Waals surface area contributed by atoms with E-state index in [0.29, 0.717) is 11.6 Å². The van der Waals surface area contributed by atoms with Gasteiger partial charge in [0.15, 0.2) is 16.3 Å². The highest BCUT2D eigenvalue weighted by molar-refractivity contribution is 8.01. The van der Waals surface area contributed by atoms with Gasteiger partial charge in [0.25, 0.3) is 0 Å². The Labute approximate surface area is 219 Å². The predicted molar refractivity (Wildman–Crippen MR) is 142 cm³/mol. The second-order valence-electron chi connectivity index (χ2n) is 10.1. The van der Waals surface area contributed by atoms with E-state index in [9.17, 15) is 9.90 Å². The predicted octanol–water partition coefficient (Wildman–Crippen LogP) is 6.63. The molecule has 8 heteroatoms. The fourth-order valence-corrected chi connectivity index (χ4v) is 7.00. The van der Waals surface area contributed by atoms with Gasteiger partial charge >= 0.3 is 5.97 Å². The number of carbonyl (C=O) groups excluding carboxylic acids is 1. The number of ether oxygens (including phenoxy) is 3. The summed E-state index contributed by atoms with van der Waals surface area (Å²) in [4.78, 5) is 16.0. The number of aliphatic hydroxyl groups is 1. The van der Waals surface area contributed by atoms with Gasteiger partial charge in [-0.2, -0.15) is 0 Å². The monoisotopic (exact) mass is 525 g/mol. The van der Waals surface area contributed by atoms with E-state index < -0.39 is 5.97 Å². The Morgan fingerprint density at radius 3 is 2.94 bits per heavy atom. The van der Waals surface area contributed by atoms with Crippen LogP contribution >= 0.6 is 23.1 Å². The number of esters is 1. The molecule has 198 valence electrons. The normalized spacial score (nSPS) is 26.7. The molecule has 1 saturated heterocycles. The highest BCUT2D eigenvalue weighted by atomic mass is 32.2. The minimum Gasteiger partial charge on any atom is -0.464 e. The van der Waals surface area contributed by atoms with Crippen LogP contribution < -0.4 is 0 Å². The molecule has 1 aliphatic heterocycles. The molecular weight excluding hydrogens is 482 g/mol. The Balaban J connectivity index is 1.51. The fraction of sp³-hybridized carbons (Fsp3) is 0.778. The molecule has 0 spiro atoms. The molecule has 2 aliphatic rings.